The summed E-state index contributed by atoms with van der Waals surface area (Å²) in [5.41, 5.74) is 2.73. The van der Waals surface area contributed by atoms with Crippen molar-refractivity contribution >= 4 is 58.5 Å². The number of hydrogen-bond acceptors (Lipinski definition) is 9. The molecule has 0 saturated carbocycles. The Kier molecular flexibility index (Phi) is 10.7. The number of amides is 2. The predicted molar refractivity (Wildman–Crippen MR) is 174 cm³/mol. The van der Waals surface area contributed by atoms with Gasteiger partial charge in [-0.2, -0.15) is 5.10 Å². The van der Waals surface area contributed by atoms with Crippen molar-refractivity contribution in [1.29, 1.82) is 0 Å². The molecule has 0 spiro atoms. The van der Waals surface area contributed by atoms with Gasteiger partial charge in [0.25, 0.3) is 11.8 Å². The van der Waals surface area contributed by atoms with Crippen molar-refractivity contribution in [1.82, 2.24) is 24.8 Å². The number of rotatable bonds is 6. The molecule has 1 aliphatic carbocycles. The van der Waals surface area contributed by atoms with Crippen LogP contribution in [0.4, 0.5) is 5.69 Å². The zero-order valence-electron chi connectivity index (χ0n) is 26.2. The molecule has 2 amide bonds. The third kappa shape index (κ3) is 7.47. The summed E-state index contributed by atoms with van der Waals surface area (Å²) < 4.78 is 11.6. The van der Waals surface area contributed by atoms with Crippen molar-refractivity contribution in [3.8, 4) is 0 Å². The lowest BCUT2D eigenvalue weighted by atomic mass is 9.97. The van der Waals surface area contributed by atoms with Crippen LogP contribution in [0.2, 0.25) is 5.02 Å². The molecule has 4 aromatic rings. The van der Waals surface area contributed by atoms with Gasteiger partial charge < -0.3 is 20.1 Å². The normalized spacial score (nSPS) is 13.7. The monoisotopic (exact) mass is 668 g/mol. The van der Waals surface area contributed by atoms with E-state index in [1.807, 2.05) is 33.8 Å². The Morgan fingerprint density at radius 1 is 1.02 bits per heavy atom. The summed E-state index contributed by atoms with van der Waals surface area (Å²) in [5.74, 6) is -2.30. The quantitative estimate of drug-likeness (QED) is 0.179. The molecule has 0 saturated heterocycles. The molecule has 3 N–H and O–H groups in total. The molecule has 0 unspecified atom stereocenters. The molecule has 242 valence electrons. The maximum Gasteiger partial charge on any atom is 0.356 e. The van der Waals surface area contributed by atoms with E-state index < -0.39 is 29.4 Å². The number of aromatic nitrogens is 3. The number of esters is 2. The van der Waals surface area contributed by atoms with E-state index in [0.29, 0.717) is 29.1 Å². The van der Waals surface area contributed by atoms with Gasteiger partial charge in [0.15, 0.2) is 11.3 Å². The number of methoxy groups -OCH3 is 1. The van der Waals surface area contributed by atoms with Crippen LogP contribution >= 0.6 is 23.4 Å². The first-order chi connectivity index (χ1) is 21.8. The number of para-hydroxylation sites is 1. The van der Waals surface area contributed by atoms with E-state index in [2.05, 4.69) is 25.6 Å². The van der Waals surface area contributed by atoms with Gasteiger partial charge in [0.2, 0.25) is 0 Å². The summed E-state index contributed by atoms with van der Waals surface area (Å²) in [7, 11) is 2.83. The lowest BCUT2D eigenvalue weighted by molar-refractivity contribution is 0.00681. The van der Waals surface area contributed by atoms with Crippen molar-refractivity contribution in [2.45, 2.75) is 52.2 Å². The second kappa shape index (κ2) is 14.3. The average Bonchev–Trinajstić information content (AvgIpc) is 3.62. The SMILES string of the molecule is CNCl.COC(=O)c1cc(C(=O)N[C@H]2CCc3c2ccc(C(=O)OC(C)(C)C)c3C)n2ncc(C(=O)Nc3ccccc3Cl)c2n1. The molecule has 5 rings (SSSR count). The van der Waals surface area contributed by atoms with Gasteiger partial charge in [0.1, 0.15) is 16.9 Å². The van der Waals surface area contributed by atoms with Crippen molar-refractivity contribution in [2.75, 3.05) is 19.5 Å². The summed E-state index contributed by atoms with van der Waals surface area (Å²) in [6, 6.07) is 11.2. The summed E-state index contributed by atoms with van der Waals surface area (Å²) >= 11 is 10.9. The molecule has 1 aliphatic rings. The van der Waals surface area contributed by atoms with Crippen molar-refractivity contribution in [3.05, 3.63) is 92.9 Å². The van der Waals surface area contributed by atoms with E-state index >= 15 is 0 Å². The number of carbonyl (C=O) groups excluding carboxylic acids is 4. The van der Waals surface area contributed by atoms with Gasteiger partial charge in [0, 0.05) is 6.07 Å². The lowest BCUT2D eigenvalue weighted by Gasteiger charge is -2.21. The number of fused-ring (bicyclic) bond motifs is 2. The molecule has 1 atom stereocenters. The van der Waals surface area contributed by atoms with Gasteiger partial charge in [0.05, 0.1) is 35.6 Å². The number of nitrogens with zero attached hydrogens (tertiary/aromatic N) is 3. The molecule has 12 nitrogen and oxygen atoms in total. The van der Waals surface area contributed by atoms with E-state index in [1.165, 1.54) is 23.9 Å². The van der Waals surface area contributed by atoms with Gasteiger partial charge in [-0.25, -0.2) is 23.9 Å². The zero-order chi connectivity index (χ0) is 33.8. The van der Waals surface area contributed by atoms with E-state index in [4.69, 9.17) is 32.9 Å². The topological polar surface area (TPSA) is 153 Å². The van der Waals surface area contributed by atoms with Crippen LogP contribution in [0.3, 0.4) is 0 Å². The highest BCUT2D eigenvalue weighted by Gasteiger charge is 2.30. The van der Waals surface area contributed by atoms with Gasteiger partial charge in [-0.05, 0) is 94.3 Å². The summed E-state index contributed by atoms with van der Waals surface area (Å²) in [6.45, 7) is 7.31. The number of nitrogens with one attached hydrogen (secondary N) is 3. The minimum Gasteiger partial charge on any atom is -0.464 e. The molecule has 2 aromatic heterocycles. The number of hydrogen-bond donors (Lipinski definition) is 3. The predicted octanol–water partition coefficient (Wildman–Crippen LogP) is 5.46. The van der Waals surface area contributed by atoms with Crippen LogP contribution in [0.25, 0.3) is 5.65 Å². The number of halogens is 2. The Labute approximate surface area is 275 Å². The Bertz CT molecular complexity index is 1820. The van der Waals surface area contributed by atoms with Crippen molar-refractivity contribution in [3.63, 3.8) is 0 Å². The minimum absolute atomic E-state index is 0.0118. The maximum atomic E-state index is 13.7. The first kappa shape index (κ1) is 34.4. The fourth-order valence-electron chi connectivity index (χ4n) is 5.06. The largest absolute Gasteiger partial charge is 0.464 e. The summed E-state index contributed by atoms with van der Waals surface area (Å²) in [4.78, 5) is 58.6. The van der Waals surface area contributed by atoms with Gasteiger partial charge in [-0.1, -0.05) is 29.8 Å². The fourth-order valence-corrected chi connectivity index (χ4v) is 5.25. The summed E-state index contributed by atoms with van der Waals surface area (Å²) in [6.07, 6.45) is 2.51. The molecule has 0 radical (unpaired) electrons. The van der Waals surface area contributed by atoms with Crippen LogP contribution in [0.5, 0.6) is 0 Å². The molecule has 0 aliphatic heterocycles. The highest BCUT2D eigenvalue weighted by Crippen LogP contribution is 2.35. The van der Waals surface area contributed by atoms with Crippen LogP contribution in [0, 0.1) is 6.92 Å². The number of ether oxygens (including phenoxy) is 2. The molecule has 0 fully saturated rings. The van der Waals surface area contributed by atoms with Crippen LogP contribution in [-0.4, -0.2) is 58.1 Å². The highest BCUT2D eigenvalue weighted by molar-refractivity contribution is 6.34. The number of anilines is 1. The van der Waals surface area contributed by atoms with E-state index in [1.54, 1.807) is 37.4 Å². The van der Waals surface area contributed by atoms with E-state index in [9.17, 15) is 19.2 Å². The van der Waals surface area contributed by atoms with Gasteiger partial charge >= 0.3 is 11.9 Å². The van der Waals surface area contributed by atoms with E-state index in [0.717, 1.165) is 16.7 Å². The first-order valence-corrected chi connectivity index (χ1v) is 15.0. The minimum atomic E-state index is -0.785. The Balaban J connectivity index is 0.00000154. The fraction of sp³-hybridized carbons (Fsp3) is 0.312. The maximum absolute atomic E-state index is 13.7. The highest BCUT2D eigenvalue weighted by atomic mass is 35.5. The van der Waals surface area contributed by atoms with Gasteiger partial charge in [-0.15, -0.1) is 0 Å². The molecule has 2 heterocycles. The second-order valence-corrected chi connectivity index (χ2v) is 12.1. The molecule has 14 heteroatoms. The molecular weight excluding hydrogens is 635 g/mol. The van der Waals surface area contributed by atoms with Crippen LogP contribution in [0.15, 0.2) is 48.7 Å². The third-order valence-corrected chi connectivity index (χ3v) is 7.41. The molecule has 2 aromatic carbocycles. The number of benzene rings is 2. The number of carbonyl (C=O) groups is 4. The van der Waals surface area contributed by atoms with Crippen molar-refractivity contribution < 1.29 is 28.7 Å². The Hall–Kier alpha value is -4.52. The lowest BCUT2D eigenvalue weighted by Crippen LogP contribution is -2.30. The van der Waals surface area contributed by atoms with Gasteiger partial charge in [-0.3, -0.25) is 9.59 Å². The zero-order valence-corrected chi connectivity index (χ0v) is 27.7. The first-order valence-electron chi connectivity index (χ1n) is 14.3. The van der Waals surface area contributed by atoms with Crippen LogP contribution < -0.4 is 15.5 Å². The van der Waals surface area contributed by atoms with Crippen LogP contribution in [0.1, 0.15) is 91.6 Å². The standard InChI is InChI=1S/C31H30ClN5O6.CH4ClN/c1-16-17-12-13-22(19(17)11-10-18(16)29(40)43-31(2,3)4)35-28(39)25-14-24(30(41)42-5)34-26-20(15-33-37(25)26)27(38)36-23-9-7-6-8-21(23)32;1-3-2/h6-11,14-15,22H,12-13H2,1-5H3,(H,35,39)(H,36,38);3H,1H3/t22-;/m0./s1. The van der Waals surface area contributed by atoms with E-state index in [-0.39, 0.29) is 28.6 Å². The Morgan fingerprint density at radius 3 is 2.37 bits per heavy atom. The average molecular weight is 670 g/mol. The smallest absolute Gasteiger partial charge is 0.356 e. The van der Waals surface area contributed by atoms with Crippen LogP contribution in [-0.2, 0) is 15.9 Å². The van der Waals surface area contributed by atoms with Crippen molar-refractivity contribution in [2.24, 2.45) is 0 Å². The third-order valence-electron chi connectivity index (χ3n) is 7.08. The molecule has 0 bridgehead atoms. The summed E-state index contributed by atoms with van der Waals surface area (Å²) in [5, 5.41) is 10.3. The second-order valence-electron chi connectivity index (χ2n) is 11.3. The molecule has 46 heavy (non-hydrogen) atoms. The molecular formula is C32H34Cl2N6O6. The Morgan fingerprint density at radius 2 is 1.72 bits per heavy atom.